The van der Waals surface area contributed by atoms with E-state index in [-0.39, 0.29) is 22.3 Å². The molecule has 154 valence electrons. The molecular formula is C22H15N3O5S. The van der Waals surface area contributed by atoms with Crippen LogP contribution in [0.5, 0.6) is 5.75 Å². The first-order valence-electron chi connectivity index (χ1n) is 9.09. The number of non-ortho nitro benzene ring substituents is 1. The molecule has 4 rings (SSSR count). The Labute approximate surface area is 181 Å². The highest BCUT2D eigenvalue weighted by molar-refractivity contribution is 7.80. The third-order valence-electron chi connectivity index (χ3n) is 4.51. The number of phenolic OH excluding ortho intramolecular Hbond substituents is 1. The van der Waals surface area contributed by atoms with Crippen LogP contribution in [0.2, 0.25) is 0 Å². The average molecular weight is 433 g/mol. The van der Waals surface area contributed by atoms with E-state index in [1.165, 1.54) is 18.2 Å². The molecule has 1 heterocycles. The Morgan fingerprint density at radius 2 is 1.84 bits per heavy atom. The summed E-state index contributed by atoms with van der Waals surface area (Å²) in [6.45, 7) is 0. The molecule has 3 aromatic carbocycles. The molecule has 3 N–H and O–H groups in total. The van der Waals surface area contributed by atoms with Gasteiger partial charge in [0, 0.05) is 28.8 Å². The van der Waals surface area contributed by atoms with Gasteiger partial charge in [0.15, 0.2) is 10.9 Å². The van der Waals surface area contributed by atoms with Gasteiger partial charge >= 0.3 is 0 Å². The Hall–Kier alpha value is -4.24. The number of benzene rings is 3. The number of thiocarbonyl (C=S) groups is 1. The Balaban J connectivity index is 1.47. The van der Waals surface area contributed by atoms with Crippen LogP contribution < -0.4 is 10.6 Å². The van der Waals surface area contributed by atoms with Gasteiger partial charge in [0.1, 0.15) is 11.5 Å². The van der Waals surface area contributed by atoms with E-state index in [0.29, 0.717) is 17.0 Å². The second-order valence-corrected chi connectivity index (χ2v) is 7.00. The van der Waals surface area contributed by atoms with Gasteiger partial charge in [0.25, 0.3) is 11.6 Å². The Morgan fingerprint density at radius 3 is 2.65 bits per heavy atom. The molecule has 0 spiro atoms. The van der Waals surface area contributed by atoms with Crippen LogP contribution in [0.15, 0.2) is 77.2 Å². The third kappa shape index (κ3) is 4.36. The number of carbonyl (C=O) groups excluding carboxylic acids is 1. The molecule has 0 aliphatic heterocycles. The minimum absolute atomic E-state index is 0.00787. The smallest absolute Gasteiger partial charge is 0.293 e. The number of aromatic hydroxyl groups is 1. The lowest BCUT2D eigenvalue weighted by Crippen LogP contribution is -2.33. The van der Waals surface area contributed by atoms with Crippen LogP contribution in [-0.4, -0.2) is 21.0 Å². The number of anilines is 1. The number of rotatable bonds is 4. The minimum Gasteiger partial charge on any atom is -0.508 e. The number of amides is 1. The SMILES string of the molecule is O=C(NC(=S)Nc1cccc2cc(O)ccc12)c1ccc(-c2cccc([N+](=O)[O-])c2)o1. The van der Waals surface area contributed by atoms with Gasteiger partial charge < -0.3 is 14.8 Å². The number of furan rings is 1. The van der Waals surface area contributed by atoms with Crippen LogP contribution >= 0.6 is 12.2 Å². The highest BCUT2D eigenvalue weighted by Gasteiger charge is 2.16. The maximum atomic E-state index is 12.5. The van der Waals surface area contributed by atoms with Crippen LogP contribution in [0.3, 0.4) is 0 Å². The molecule has 0 saturated carbocycles. The summed E-state index contributed by atoms with van der Waals surface area (Å²) in [5.41, 5.74) is 1.07. The molecule has 0 aliphatic carbocycles. The van der Waals surface area contributed by atoms with Crippen molar-refractivity contribution in [2.45, 2.75) is 0 Å². The third-order valence-corrected chi connectivity index (χ3v) is 4.71. The standard InChI is InChI=1S/C22H15N3O5S/c26-16-7-8-17-13(12-16)3-2-6-18(17)23-22(31)24-21(27)20-10-9-19(30-20)14-4-1-5-15(11-14)25(28)29/h1-12,26H,(H2,23,24,27,31). The average Bonchev–Trinajstić information content (AvgIpc) is 3.24. The Kier molecular flexibility index (Phi) is 5.33. The number of nitrogens with one attached hydrogen (secondary N) is 2. The number of carbonyl (C=O) groups is 1. The van der Waals surface area contributed by atoms with Gasteiger partial charge in [-0.1, -0.05) is 24.3 Å². The maximum absolute atomic E-state index is 12.5. The first kappa shape index (κ1) is 20.0. The largest absolute Gasteiger partial charge is 0.508 e. The molecule has 31 heavy (non-hydrogen) atoms. The van der Waals surface area contributed by atoms with Crippen molar-refractivity contribution < 1.29 is 19.2 Å². The van der Waals surface area contributed by atoms with Crippen LogP contribution in [-0.2, 0) is 0 Å². The normalized spacial score (nSPS) is 10.6. The van der Waals surface area contributed by atoms with E-state index < -0.39 is 10.8 Å². The van der Waals surface area contributed by atoms with Crippen molar-refractivity contribution in [1.82, 2.24) is 5.32 Å². The van der Waals surface area contributed by atoms with Crippen LogP contribution in [0, 0.1) is 10.1 Å². The van der Waals surface area contributed by atoms with Crippen molar-refractivity contribution >= 4 is 45.4 Å². The van der Waals surface area contributed by atoms with Crippen molar-refractivity contribution in [2.75, 3.05) is 5.32 Å². The van der Waals surface area contributed by atoms with E-state index in [1.807, 2.05) is 6.07 Å². The van der Waals surface area contributed by atoms with E-state index in [0.717, 1.165) is 10.8 Å². The summed E-state index contributed by atoms with van der Waals surface area (Å²) in [4.78, 5) is 22.9. The molecular weight excluding hydrogens is 418 g/mol. The van der Waals surface area contributed by atoms with Crippen molar-refractivity contribution in [3.63, 3.8) is 0 Å². The molecule has 1 amide bonds. The van der Waals surface area contributed by atoms with E-state index in [9.17, 15) is 20.0 Å². The van der Waals surface area contributed by atoms with E-state index in [4.69, 9.17) is 16.6 Å². The first-order valence-corrected chi connectivity index (χ1v) is 9.50. The fraction of sp³-hybridized carbons (Fsp3) is 0. The van der Waals surface area contributed by atoms with E-state index >= 15 is 0 Å². The molecule has 9 heteroatoms. The summed E-state index contributed by atoms with van der Waals surface area (Å²) in [5.74, 6) is -0.0833. The lowest BCUT2D eigenvalue weighted by Gasteiger charge is -2.11. The minimum atomic E-state index is -0.563. The van der Waals surface area contributed by atoms with E-state index in [1.54, 1.807) is 48.5 Å². The predicted octanol–water partition coefficient (Wildman–Crippen LogP) is 4.84. The molecule has 0 aliphatic rings. The number of hydrogen-bond acceptors (Lipinski definition) is 6. The van der Waals surface area contributed by atoms with Crippen molar-refractivity contribution in [3.8, 4) is 17.1 Å². The fourth-order valence-corrected chi connectivity index (χ4v) is 3.29. The monoisotopic (exact) mass is 433 g/mol. The molecule has 0 saturated heterocycles. The molecule has 0 bridgehead atoms. The lowest BCUT2D eigenvalue weighted by molar-refractivity contribution is -0.384. The van der Waals surface area contributed by atoms with E-state index in [2.05, 4.69) is 10.6 Å². The molecule has 0 radical (unpaired) electrons. The lowest BCUT2D eigenvalue weighted by atomic mass is 10.1. The summed E-state index contributed by atoms with van der Waals surface area (Å²) in [6, 6.07) is 19.3. The van der Waals surface area contributed by atoms with Gasteiger partial charge in [-0.25, -0.2) is 0 Å². The highest BCUT2D eigenvalue weighted by atomic mass is 32.1. The predicted molar refractivity (Wildman–Crippen MR) is 120 cm³/mol. The van der Waals surface area contributed by atoms with Gasteiger partial charge in [0.2, 0.25) is 0 Å². The molecule has 0 atom stereocenters. The van der Waals surface area contributed by atoms with Gasteiger partial charge in [0.05, 0.1) is 4.92 Å². The van der Waals surface area contributed by atoms with Gasteiger partial charge in [-0.05, 0) is 54.0 Å². The molecule has 4 aromatic rings. The van der Waals surface area contributed by atoms with Crippen LogP contribution in [0.1, 0.15) is 10.6 Å². The number of phenols is 1. The first-order chi connectivity index (χ1) is 14.9. The second kappa shape index (κ2) is 8.25. The molecule has 0 fully saturated rings. The zero-order chi connectivity index (χ0) is 22.0. The van der Waals surface area contributed by atoms with Gasteiger partial charge in [-0.3, -0.25) is 20.2 Å². The van der Waals surface area contributed by atoms with Gasteiger partial charge in [-0.15, -0.1) is 0 Å². The van der Waals surface area contributed by atoms with Crippen molar-refractivity contribution in [3.05, 3.63) is 88.7 Å². The van der Waals surface area contributed by atoms with Crippen LogP contribution in [0.4, 0.5) is 11.4 Å². The second-order valence-electron chi connectivity index (χ2n) is 6.59. The Morgan fingerprint density at radius 1 is 1.03 bits per heavy atom. The zero-order valence-electron chi connectivity index (χ0n) is 15.9. The highest BCUT2D eigenvalue weighted by Crippen LogP contribution is 2.27. The summed E-state index contributed by atoms with van der Waals surface area (Å²) in [6.07, 6.45) is 0. The van der Waals surface area contributed by atoms with Gasteiger partial charge in [-0.2, -0.15) is 0 Å². The number of nitrogens with zero attached hydrogens (tertiary/aromatic N) is 1. The fourth-order valence-electron chi connectivity index (χ4n) is 3.09. The number of nitro groups is 1. The maximum Gasteiger partial charge on any atom is 0.293 e. The zero-order valence-corrected chi connectivity index (χ0v) is 16.7. The number of hydrogen-bond donors (Lipinski definition) is 3. The number of fused-ring (bicyclic) bond motifs is 1. The summed E-state index contributed by atoms with van der Waals surface area (Å²) < 4.78 is 5.55. The summed E-state index contributed by atoms with van der Waals surface area (Å²) in [7, 11) is 0. The molecule has 8 nitrogen and oxygen atoms in total. The molecule has 0 unspecified atom stereocenters. The van der Waals surface area contributed by atoms with Crippen molar-refractivity contribution in [2.24, 2.45) is 0 Å². The quantitative estimate of drug-likeness (QED) is 0.239. The molecule has 1 aromatic heterocycles. The van der Waals surface area contributed by atoms with Crippen LogP contribution in [0.25, 0.3) is 22.1 Å². The Bertz CT molecular complexity index is 1330. The summed E-state index contributed by atoms with van der Waals surface area (Å²) >= 11 is 5.24. The topological polar surface area (TPSA) is 118 Å². The van der Waals surface area contributed by atoms with Crippen molar-refractivity contribution in [1.29, 1.82) is 0 Å². The summed E-state index contributed by atoms with van der Waals surface area (Å²) in [5, 5.41) is 27.8. The number of nitro benzene ring substituents is 1.